The van der Waals surface area contributed by atoms with Gasteiger partial charge in [-0.3, -0.25) is 9.59 Å². The van der Waals surface area contributed by atoms with Gasteiger partial charge in [0.05, 0.1) is 12.3 Å². The smallest absolute Gasteiger partial charge is 0.271 e. The number of hydrogen-bond donors (Lipinski definition) is 1. The van der Waals surface area contributed by atoms with Crippen molar-refractivity contribution >= 4 is 32.7 Å². The molecule has 2 aromatic heterocycles. The van der Waals surface area contributed by atoms with Crippen molar-refractivity contribution in [2.45, 2.75) is 31.8 Å². The summed E-state index contributed by atoms with van der Waals surface area (Å²) in [6, 6.07) is 10.5. The number of furan rings is 1. The van der Waals surface area contributed by atoms with Crippen LogP contribution in [-0.2, 0) is 0 Å². The predicted molar refractivity (Wildman–Crippen MR) is 98.6 cm³/mol. The minimum Gasteiger partial charge on any atom is -0.467 e. The number of carbonyl (C=O) groups is 1. The highest BCUT2D eigenvalue weighted by atomic mass is 79.9. The lowest BCUT2D eigenvalue weighted by atomic mass is 10.1. The Kier molecular flexibility index (Phi) is 4.00. The summed E-state index contributed by atoms with van der Waals surface area (Å²) in [5.74, 6) is 0.570. The van der Waals surface area contributed by atoms with E-state index in [-0.39, 0.29) is 23.4 Å². The number of aromatic nitrogens is 1. The van der Waals surface area contributed by atoms with Crippen molar-refractivity contribution in [3.63, 3.8) is 0 Å². The van der Waals surface area contributed by atoms with Gasteiger partial charge in [-0.1, -0.05) is 15.9 Å². The van der Waals surface area contributed by atoms with Crippen molar-refractivity contribution in [3.8, 4) is 0 Å². The zero-order valence-corrected chi connectivity index (χ0v) is 15.2. The molecule has 0 bridgehead atoms. The minimum absolute atomic E-state index is 0.167. The molecule has 1 N–H and O–H groups in total. The fraction of sp³-hybridized carbons (Fsp3) is 0.263. The minimum atomic E-state index is -0.181. The largest absolute Gasteiger partial charge is 0.467 e. The molecule has 6 heteroatoms. The van der Waals surface area contributed by atoms with Crippen LogP contribution in [0.4, 0.5) is 0 Å². The van der Waals surface area contributed by atoms with E-state index in [1.54, 1.807) is 18.4 Å². The fourth-order valence-corrected chi connectivity index (χ4v) is 3.51. The predicted octanol–water partition coefficient (Wildman–Crippen LogP) is 4.25. The molecule has 3 aromatic rings. The lowest BCUT2D eigenvalue weighted by Crippen LogP contribution is -2.36. The summed E-state index contributed by atoms with van der Waals surface area (Å²) in [7, 11) is 0. The average molecular weight is 401 g/mol. The van der Waals surface area contributed by atoms with E-state index in [4.69, 9.17) is 4.42 Å². The molecule has 4 rings (SSSR count). The standard InChI is InChI=1S/C19H17BrN2O3/c1-11(18-3-2-8-25-18)22(13-5-6-13)19(24)16-10-17(23)14-9-12(20)4-7-15(14)21-16/h2-4,7-11,13H,5-6H2,1H3,(H,21,23)/t11-/m1/s1. The van der Waals surface area contributed by atoms with E-state index in [1.807, 2.05) is 30.0 Å². The third kappa shape index (κ3) is 3.02. The van der Waals surface area contributed by atoms with Crippen LogP contribution in [0, 0.1) is 0 Å². The van der Waals surface area contributed by atoms with Gasteiger partial charge in [-0.05, 0) is 50.1 Å². The highest BCUT2D eigenvalue weighted by Crippen LogP contribution is 2.35. The Balaban J connectivity index is 1.74. The lowest BCUT2D eigenvalue weighted by molar-refractivity contribution is 0.0647. The van der Waals surface area contributed by atoms with Gasteiger partial charge in [0.2, 0.25) is 0 Å². The molecule has 1 fully saturated rings. The summed E-state index contributed by atoms with van der Waals surface area (Å²) in [5, 5.41) is 0.558. The third-order valence-corrected chi connectivity index (χ3v) is 5.06. The number of nitrogens with zero attached hydrogens (tertiary/aromatic N) is 1. The van der Waals surface area contributed by atoms with Crippen molar-refractivity contribution in [2.75, 3.05) is 0 Å². The first-order valence-electron chi connectivity index (χ1n) is 8.23. The van der Waals surface area contributed by atoms with Crippen LogP contribution in [0.1, 0.15) is 42.1 Å². The quantitative estimate of drug-likeness (QED) is 0.711. The van der Waals surface area contributed by atoms with Gasteiger partial charge in [0.15, 0.2) is 5.43 Å². The average Bonchev–Trinajstić information content (AvgIpc) is 3.27. The zero-order chi connectivity index (χ0) is 17.6. The Morgan fingerprint density at radius 1 is 1.32 bits per heavy atom. The van der Waals surface area contributed by atoms with Crippen molar-refractivity contribution in [2.24, 2.45) is 0 Å². The summed E-state index contributed by atoms with van der Waals surface area (Å²) >= 11 is 3.37. The second kappa shape index (κ2) is 6.19. The molecular weight excluding hydrogens is 384 g/mol. The van der Waals surface area contributed by atoms with E-state index in [2.05, 4.69) is 20.9 Å². The van der Waals surface area contributed by atoms with Gasteiger partial charge in [0, 0.05) is 27.5 Å². The molecule has 0 spiro atoms. The van der Waals surface area contributed by atoms with Gasteiger partial charge < -0.3 is 14.3 Å². The van der Waals surface area contributed by atoms with Crippen LogP contribution in [0.25, 0.3) is 10.9 Å². The molecule has 0 aliphatic heterocycles. The van der Waals surface area contributed by atoms with Crippen LogP contribution in [-0.4, -0.2) is 21.8 Å². The lowest BCUT2D eigenvalue weighted by Gasteiger charge is -2.28. The molecule has 128 valence electrons. The second-order valence-electron chi connectivity index (χ2n) is 6.37. The van der Waals surface area contributed by atoms with Gasteiger partial charge in [-0.25, -0.2) is 0 Å². The number of pyridine rings is 1. The molecule has 25 heavy (non-hydrogen) atoms. The van der Waals surface area contributed by atoms with Gasteiger partial charge in [0.1, 0.15) is 11.5 Å². The highest BCUT2D eigenvalue weighted by Gasteiger charge is 2.38. The van der Waals surface area contributed by atoms with Gasteiger partial charge in [-0.2, -0.15) is 0 Å². The first kappa shape index (κ1) is 16.1. The van der Waals surface area contributed by atoms with Gasteiger partial charge in [0.25, 0.3) is 5.91 Å². The topological polar surface area (TPSA) is 66.3 Å². The van der Waals surface area contributed by atoms with Crippen LogP contribution < -0.4 is 5.43 Å². The van der Waals surface area contributed by atoms with E-state index in [0.717, 1.165) is 23.1 Å². The maximum atomic E-state index is 13.1. The molecule has 5 nitrogen and oxygen atoms in total. The fourth-order valence-electron chi connectivity index (χ4n) is 3.15. The van der Waals surface area contributed by atoms with Crippen molar-refractivity contribution < 1.29 is 9.21 Å². The van der Waals surface area contributed by atoms with Gasteiger partial charge >= 0.3 is 0 Å². The summed E-state index contributed by atoms with van der Waals surface area (Å²) in [4.78, 5) is 30.5. The number of fused-ring (bicyclic) bond motifs is 1. The van der Waals surface area contributed by atoms with Crippen LogP contribution in [0.2, 0.25) is 0 Å². The molecule has 0 unspecified atom stereocenters. The summed E-state index contributed by atoms with van der Waals surface area (Å²) in [6.45, 7) is 1.95. The van der Waals surface area contributed by atoms with Gasteiger partial charge in [-0.15, -0.1) is 0 Å². The Labute approximate surface area is 152 Å². The normalized spacial score (nSPS) is 15.3. The van der Waals surface area contributed by atoms with Crippen molar-refractivity contribution in [3.05, 3.63) is 68.8 Å². The first-order valence-corrected chi connectivity index (χ1v) is 9.02. The van der Waals surface area contributed by atoms with Crippen LogP contribution in [0.15, 0.2) is 56.3 Å². The SMILES string of the molecule is C[C@H](c1ccco1)N(C(=O)c1cc(=O)c2cc(Br)ccc2[nH]1)C1CC1. The molecule has 0 radical (unpaired) electrons. The second-order valence-corrected chi connectivity index (χ2v) is 7.29. The number of H-pyrrole nitrogens is 1. The number of hydrogen-bond acceptors (Lipinski definition) is 3. The molecular formula is C19H17BrN2O3. The van der Waals surface area contributed by atoms with E-state index in [0.29, 0.717) is 16.6 Å². The summed E-state index contributed by atoms with van der Waals surface area (Å²) in [5.41, 5.74) is 0.797. The molecule has 1 aliphatic rings. The van der Waals surface area contributed by atoms with E-state index >= 15 is 0 Å². The Morgan fingerprint density at radius 2 is 2.12 bits per heavy atom. The number of halogens is 1. The Morgan fingerprint density at radius 3 is 2.80 bits per heavy atom. The zero-order valence-electron chi connectivity index (χ0n) is 13.7. The number of carbonyl (C=O) groups excluding carboxylic acids is 1. The third-order valence-electron chi connectivity index (χ3n) is 4.57. The van der Waals surface area contributed by atoms with E-state index in [9.17, 15) is 9.59 Å². The summed E-state index contributed by atoms with van der Waals surface area (Å²) in [6.07, 6.45) is 3.56. The molecule has 1 saturated carbocycles. The molecule has 1 amide bonds. The number of benzene rings is 1. The molecule has 2 heterocycles. The number of nitrogens with one attached hydrogen (secondary N) is 1. The number of aromatic amines is 1. The maximum absolute atomic E-state index is 13.1. The molecule has 1 aliphatic carbocycles. The van der Waals surface area contributed by atoms with Crippen LogP contribution in [0.5, 0.6) is 0 Å². The monoisotopic (exact) mass is 400 g/mol. The van der Waals surface area contributed by atoms with E-state index in [1.165, 1.54) is 6.07 Å². The van der Waals surface area contributed by atoms with E-state index < -0.39 is 0 Å². The Hall–Kier alpha value is -2.34. The highest BCUT2D eigenvalue weighted by molar-refractivity contribution is 9.10. The molecule has 1 aromatic carbocycles. The summed E-state index contributed by atoms with van der Waals surface area (Å²) < 4.78 is 6.31. The molecule has 0 saturated heterocycles. The molecule has 1 atom stereocenters. The number of amides is 1. The van der Waals surface area contributed by atoms with Crippen LogP contribution in [0.3, 0.4) is 0 Å². The van der Waals surface area contributed by atoms with Crippen molar-refractivity contribution in [1.82, 2.24) is 9.88 Å². The van der Waals surface area contributed by atoms with Crippen molar-refractivity contribution in [1.29, 1.82) is 0 Å². The van der Waals surface area contributed by atoms with Crippen LogP contribution >= 0.6 is 15.9 Å². The Bertz CT molecular complexity index is 990. The number of rotatable bonds is 4. The first-order chi connectivity index (χ1) is 12.0. The maximum Gasteiger partial charge on any atom is 0.271 e.